The summed E-state index contributed by atoms with van der Waals surface area (Å²) in [4.78, 5) is 0.304. The second-order valence-electron chi connectivity index (χ2n) is 3.03. The van der Waals surface area contributed by atoms with Gasteiger partial charge in [-0.05, 0) is 11.6 Å². The molecule has 0 radical (unpaired) electrons. The van der Waals surface area contributed by atoms with Gasteiger partial charge in [-0.2, -0.15) is 0 Å². The number of halogens is 1. The standard InChI is InChI=1S/C9H12N2O2S2.BrH/c1-15(12,13)8-5-3-2-4-7(8)6-14-9(10)11;/h2-5H,6H2,1H3,(H3,10,11);1H. The molecule has 16 heavy (non-hydrogen) atoms. The van der Waals surface area contributed by atoms with Crippen molar-refractivity contribution in [2.24, 2.45) is 5.73 Å². The van der Waals surface area contributed by atoms with Crippen LogP contribution in [0.15, 0.2) is 29.2 Å². The van der Waals surface area contributed by atoms with Gasteiger partial charge in [0.15, 0.2) is 15.0 Å². The van der Waals surface area contributed by atoms with Crippen LogP contribution in [0.4, 0.5) is 0 Å². The van der Waals surface area contributed by atoms with Gasteiger partial charge in [0.1, 0.15) is 0 Å². The lowest BCUT2D eigenvalue weighted by Gasteiger charge is -2.06. The van der Waals surface area contributed by atoms with Gasteiger partial charge in [-0.25, -0.2) is 8.42 Å². The molecule has 0 saturated heterocycles. The molecule has 0 unspecified atom stereocenters. The van der Waals surface area contributed by atoms with Crippen LogP contribution in [0.25, 0.3) is 0 Å². The molecule has 3 N–H and O–H groups in total. The zero-order valence-corrected chi connectivity index (χ0v) is 12.0. The first kappa shape index (κ1) is 15.5. The molecule has 0 heterocycles. The van der Waals surface area contributed by atoms with Crippen LogP contribution >= 0.6 is 28.7 Å². The predicted octanol–water partition coefficient (Wildman–Crippen LogP) is 1.79. The summed E-state index contributed by atoms with van der Waals surface area (Å²) in [5, 5.41) is 7.05. The molecule has 7 heteroatoms. The van der Waals surface area contributed by atoms with Crippen molar-refractivity contribution < 1.29 is 8.42 Å². The first-order valence-electron chi connectivity index (χ1n) is 4.16. The molecule has 90 valence electrons. The Hall–Kier alpha value is -0.530. The summed E-state index contributed by atoms with van der Waals surface area (Å²) < 4.78 is 22.8. The summed E-state index contributed by atoms with van der Waals surface area (Å²) in [6.07, 6.45) is 1.17. The van der Waals surface area contributed by atoms with Gasteiger partial charge in [0.2, 0.25) is 0 Å². The Kier molecular flexibility index (Phi) is 6.06. The van der Waals surface area contributed by atoms with Gasteiger partial charge in [0.05, 0.1) is 4.90 Å². The second kappa shape index (κ2) is 6.27. The Bertz CT molecular complexity index is 474. The quantitative estimate of drug-likeness (QED) is 0.655. The van der Waals surface area contributed by atoms with E-state index in [2.05, 4.69) is 0 Å². The largest absolute Gasteiger partial charge is 0.379 e. The zero-order chi connectivity index (χ0) is 11.5. The Morgan fingerprint density at radius 2 is 2.00 bits per heavy atom. The summed E-state index contributed by atoms with van der Waals surface area (Å²) >= 11 is 1.11. The van der Waals surface area contributed by atoms with E-state index >= 15 is 0 Å². The molecule has 0 saturated carbocycles. The molecule has 0 aliphatic rings. The molecule has 0 amide bonds. The van der Waals surface area contributed by atoms with Gasteiger partial charge in [0, 0.05) is 12.0 Å². The number of nitrogens with two attached hydrogens (primary N) is 1. The highest BCUT2D eigenvalue weighted by Gasteiger charge is 2.12. The normalized spacial score (nSPS) is 10.6. The Morgan fingerprint density at radius 3 is 2.50 bits per heavy atom. The molecule has 0 bridgehead atoms. The first-order chi connectivity index (χ1) is 6.91. The number of thioether (sulfide) groups is 1. The van der Waals surface area contributed by atoms with Crippen LogP contribution in [0.2, 0.25) is 0 Å². The summed E-state index contributed by atoms with van der Waals surface area (Å²) in [7, 11) is -3.21. The van der Waals surface area contributed by atoms with Gasteiger partial charge >= 0.3 is 0 Å². The third kappa shape index (κ3) is 4.54. The number of sulfone groups is 1. The minimum Gasteiger partial charge on any atom is -0.379 e. The van der Waals surface area contributed by atoms with Crippen LogP contribution in [0.5, 0.6) is 0 Å². The van der Waals surface area contributed by atoms with Crippen molar-refractivity contribution in [2.45, 2.75) is 10.6 Å². The topological polar surface area (TPSA) is 84.0 Å². The maximum absolute atomic E-state index is 11.4. The van der Waals surface area contributed by atoms with E-state index in [0.29, 0.717) is 16.2 Å². The van der Waals surface area contributed by atoms with Crippen LogP contribution in [-0.4, -0.2) is 19.8 Å². The Balaban J connectivity index is 0.00000225. The lowest BCUT2D eigenvalue weighted by molar-refractivity contribution is 0.601. The highest BCUT2D eigenvalue weighted by Crippen LogP contribution is 2.20. The maximum Gasteiger partial charge on any atom is 0.175 e. The summed E-state index contributed by atoms with van der Waals surface area (Å²) in [5.74, 6) is 0.401. The van der Waals surface area contributed by atoms with Crippen molar-refractivity contribution in [3.05, 3.63) is 29.8 Å². The van der Waals surface area contributed by atoms with E-state index in [1.165, 1.54) is 6.26 Å². The molecule has 0 aliphatic heterocycles. The second-order valence-corrected chi connectivity index (χ2v) is 6.03. The molecule has 1 aromatic rings. The number of hydrogen-bond donors (Lipinski definition) is 2. The molecule has 0 atom stereocenters. The third-order valence-electron chi connectivity index (χ3n) is 1.76. The van der Waals surface area contributed by atoms with Crippen molar-refractivity contribution >= 4 is 43.7 Å². The van der Waals surface area contributed by atoms with E-state index in [4.69, 9.17) is 11.1 Å². The van der Waals surface area contributed by atoms with Gasteiger partial charge in [-0.1, -0.05) is 30.0 Å². The first-order valence-corrected chi connectivity index (χ1v) is 7.04. The average Bonchev–Trinajstić information content (AvgIpc) is 2.13. The van der Waals surface area contributed by atoms with E-state index in [1.807, 2.05) is 0 Å². The third-order valence-corrected chi connectivity index (χ3v) is 3.72. The van der Waals surface area contributed by atoms with Crippen LogP contribution in [0.1, 0.15) is 5.56 Å². The van der Waals surface area contributed by atoms with Crippen LogP contribution in [0, 0.1) is 5.41 Å². The average molecular weight is 325 g/mol. The fourth-order valence-electron chi connectivity index (χ4n) is 1.14. The van der Waals surface area contributed by atoms with E-state index in [1.54, 1.807) is 24.3 Å². The van der Waals surface area contributed by atoms with Gasteiger partial charge in [-0.3, -0.25) is 5.41 Å². The number of amidine groups is 1. The van der Waals surface area contributed by atoms with Crippen molar-refractivity contribution in [1.29, 1.82) is 5.41 Å². The number of hydrogen-bond acceptors (Lipinski definition) is 4. The molecule has 4 nitrogen and oxygen atoms in total. The number of benzene rings is 1. The summed E-state index contributed by atoms with van der Waals surface area (Å²) in [5.41, 5.74) is 5.88. The number of rotatable bonds is 3. The summed E-state index contributed by atoms with van der Waals surface area (Å²) in [6.45, 7) is 0. The molecule has 0 fully saturated rings. The highest BCUT2D eigenvalue weighted by atomic mass is 79.9. The minimum absolute atomic E-state index is 0. The molecule has 0 aliphatic carbocycles. The molecular formula is C9H13BrN2O2S2. The lowest BCUT2D eigenvalue weighted by atomic mass is 10.2. The fraction of sp³-hybridized carbons (Fsp3) is 0.222. The van der Waals surface area contributed by atoms with Gasteiger partial charge in [-0.15, -0.1) is 17.0 Å². The number of nitrogens with one attached hydrogen (secondary N) is 1. The van der Waals surface area contributed by atoms with E-state index in [-0.39, 0.29) is 22.1 Å². The van der Waals surface area contributed by atoms with Crippen molar-refractivity contribution in [1.82, 2.24) is 0 Å². The van der Waals surface area contributed by atoms with Gasteiger partial charge in [0.25, 0.3) is 0 Å². The lowest BCUT2D eigenvalue weighted by Crippen LogP contribution is -2.06. The smallest absolute Gasteiger partial charge is 0.175 e. The van der Waals surface area contributed by atoms with E-state index in [0.717, 1.165) is 11.8 Å². The fourth-order valence-corrected chi connectivity index (χ4v) is 2.74. The SMILES string of the molecule is Br.CS(=O)(=O)c1ccccc1CSC(=N)N. The van der Waals surface area contributed by atoms with Crippen LogP contribution in [-0.2, 0) is 15.6 Å². The van der Waals surface area contributed by atoms with Crippen LogP contribution < -0.4 is 5.73 Å². The van der Waals surface area contributed by atoms with Crippen molar-refractivity contribution in [2.75, 3.05) is 6.26 Å². The maximum atomic E-state index is 11.4. The van der Waals surface area contributed by atoms with Crippen molar-refractivity contribution in [3.63, 3.8) is 0 Å². The van der Waals surface area contributed by atoms with Crippen LogP contribution in [0.3, 0.4) is 0 Å². The summed E-state index contributed by atoms with van der Waals surface area (Å²) in [6, 6.07) is 6.74. The highest BCUT2D eigenvalue weighted by molar-refractivity contribution is 8.93. The van der Waals surface area contributed by atoms with Gasteiger partial charge < -0.3 is 5.73 Å². The van der Waals surface area contributed by atoms with E-state index in [9.17, 15) is 8.42 Å². The minimum atomic E-state index is -3.21. The monoisotopic (exact) mass is 324 g/mol. The Labute approximate surface area is 110 Å². The van der Waals surface area contributed by atoms with E-state index < -0.39 is 9.84 Å². The predicted molar refractivity (Wildman–Crippen MR) is 73.1 cm³/mol. The van der Waals surface area contributed by atoms with Crippen molar-refractivity contribution in [3.8, 4) is 0 Å². The zero-order valence-electron chi connectivity index (χ0n) is 8.64. The molecule has 0 spiro atoms. The Morgan fingerprint density at radius 1 is 1.44 bits per heavy atom. The molecular weight excluding hydrogens is 312 g/mol. The molecule has 1 aromatic carbocycles. The molecule has 0 aromatic heterocycles. The molecule has 1 rings (SSSR count).